The van der Waals surface area contributed by atoms with E-state index in [0.717, 1.165) is 0 Å². The highest BCUT2D eigenvalue weighted by Crippen LogP contribution is 2.21. The van der Waals surface area contributed by atoms with Gasteiger partial charge in [0.15, 0.2) is 11.5 Å². The number of carbonyl (C=O) groups excluding carboxylic acids is 1. The van der Waals surface area contributed by atoms with Crippen molar-refractivity contribution in [3.63, 3.8) is 0 Å². The van der Waals surface area contributed by atoms with Crippen LogP contribution in [0.3, 0.4) is 0 Å². The van der Waals surface area contributed by atoms with Gasteiger partial charge in [0, 0.05) is 13.3 Å². The molecule has 0 aliphatic rings. The number of aromatic nitrogens is 1. The lowest BCUT2D eigenvalue weighted by molar-refractivity contribution is -0.134. The maximum atomic E-state index is 10.9. The molecule has 1 heterocycles. The van der Waals surface area contributed by atoms with Gasteiger partial charge in [-0.2, -0.15) is 0 Å². The summed E-state index contributed by atoms with van der Waals surface area (Å²) in [6.45, 7) is 5.17. The fourth-order valence-corrected chi connectivity index (χ4v) is 0.806. The minimum Gasteiger partial charge on any atom is -0.421 e. The minimum absolute atomic E-state index is 0.274. The summed E-state index contributed by atoms with van der Waals surface area (Å²) in [6, 6.07) is 0. The molecule has 0 saturated heterocycles. The molecule has 12 heavy (non-hydrogen) atoms. The number of hydrogen-bond donors (Lipinski definition) is 0. The summed E-state index contributed by atoms with van der Waals surface area (Å²) in [7, 11) is 0. The lowest BCUT2D eigenvalue weighted by atomic mass is 10.3. The molecule has 0 saturated carbocycles. The standard InChI is InChI=1S/C8H11NO3/c1-4-7(10)11-8-5(2)9-12-6(8)3/h4H2,1-3H3. The number of nitrogens with zero attached hydrogens (tertiary/aromatic N) is 1. The third-order valence-electron chi connectivity index (χ3n) is 1.47. The van der Waals surface area contributed by atoms with E-state index in [0.29, 0.717) is 23.6 Å². The largest absolute Gasteiger partial charge is 0.421 e. The minimum atomic E-state index is -0.274. The molecule has 0 atom stereocenters. The molecule has 1 rings (SSSR count). The van der Waals surface area contributed by atoms with Crippen LogP contribution in [-0.2, 0) is 4.79 Å². The average molecular weight is 169 g/mol. The third-order valence-corrected chi connectivity index (χ3v) is 1.47. The SMILES string of the molecule is CCC(=O)Oc1c(C)noc1C. The first-order valence-corrected chi connectivity index (χ1v) is 3.78. The molecular weight excluding hydrogens is 158 g/mol. The summed E-state index contributed by atoms with van der Waals surface area (Å²) >= 11 is 0. The lowest BCUT2D eigenvalue weighted by Crippen LogP contribution is -2.06. The van der Waals surface area contributed by atoms with E-state index in [1.165, 1.54) is 0 Å². The van der Waals surface area contributed by atoms with E-state index < -0.39 is 0 Å². The predicted molar refractivity (Wildman–Crippen MR) is 41.9 cm³/mol. The Balaban J connectivity index is 2.80. The topological polar surface area (TPSA) is 52.3 Å². The molecule has 1 aromatic rings. The lowest BCUT2D eigenvalue weighted by Gasteiger charge is -1.99. The quantitative estimate of drug-likeness (QED) is 0.631. The maximum Gasteiger partial charge on any atom is 0.311 e. The van der Waals surface area contributed by atoms with Crippen LogP contribution in [0.4, 0.5) is 0 Å². The highest BCUT2D eigenvalue weighted by atomic mass is 16.6. The van der Waals surface area contributed by atoms with E-state index in [9.17, 15) is 4.79 Å². The average Bonchev–Trinajstić information content (AvgIpc) is 2.35. The van der Waals surface area contributed by atoms with Crippen LogP contribution in [0.1, 0.15) is 24.8 Å². The van der Waals surface area contributed by atoms with Crippen molar-refractivity contribution in [3.8, 4) is 5.75 Å². The highest BCUT2D eigenvalue weighted by Gasteiger charge is 2.12. The first kappa shape index (κ1) is 8.77. The zero-order valence-corrected chi connectivity index (χ0v) is 7.38. The Bertz CT molecular complexity index is 271. The van der Waals surface area contributed by atoms with E-state index in [1.54, 1.807) is 20.8 Å². The van der Waals surface area contributed by atoms with Crippen molar-refractivity contribution in [3.05, 3.63) is 11.5 Å². The Morgan fingerprint density at radius 3 is 2.67 bits per heavy atom. The summed E-state index contributed by atoms with van der Waals surface area (Å²) in [5.41, 5.74) is 0.606. The molecule has 0 bridgehead atoms. The van der Waals surface area contributed by atoms with Crippen molar-refractivity contribution in [1.29, 1.82) is 0 Å². The molecule has 0 N–H and O–H groups in total. The van der Waals surface area contributed by atoms with Gasteiger partial charge in [-0.1, -0.05) is 12.1 Å². The Labute approximate surface area is 70.5 Å². The van der Waals surface area contributed by atoms with Gasteiger partial charge in [0.1, 0.15) is 5.69 Å². The van der Waals surface area contributed by atoms with Crippen LogP contribution >= 0.6 is 0 Å². The van der Waals surface area contributed by atoms with Gasteiger partial charge in [-0.05, 0) is 6.92 Å². The number of ether oxygens (including phenoxy) is 1. The summed E-state index contributed by atoms with van der Waals surface area (Å²) < 4.78 is 9.78. The molecule has 0 spiro atoms. The number of rotatable bonds is 2. The molecule has 0 amide bonds. The first-order chi connectivity index (χ1) is 5.65. The fraction of sp³-hybridized carbons (Fsp3) is 0.500. The summed E-state index contributed by atoms with van der Waals surface area (Å²) in [4.78, 5) is 10.9. The van der Waals surface area contributed by atoms with E-state index in [2.05, 4.69) is 5.16 Å². The van der Waals surface area contributed by atoms with Gasteiger partial charge in [0.25, 0.3) is 0 Å². The van der Waals surface area contributed by atoms with Gasteiger partial charge in [0.05, 0.1) is 0 Å². The van der Waals surface area contributed by atoms with Crippen molar-refractivity contribution in [2.75, 3.05) is 0 Å². The molecule has 1 aromatic heterocycles. The predicted octanol–water partition coefficient (Wildman–Crippen LogP) is 1.61. The van der Waals surface area contributed by atoms with Gasteiger partial charge < -0.3 is 9.26 Å². The monoisotopic (exact) mass is 169 g/mol. The van der Waals surface area contributed by atoms with Crippen LogP contribution < -0.4 is 4.74 Å². The van der Waals surface area contributed by atoms with Crippen molar-refractivity contribution >= 4 is 5.97 Å². The summed E-state index contributed by atoms with van der Waals surface area (Å²) in [5.74, 6) is 0.709. The molecule has 4 heteroatoms. The van der Waals surface area contributed by atoms with Crippen LogP contribution in [0.15, 0.2) is 4.52 Å². The van der Waals surface area contributed by atoms with Gasteiger partial charge >= 0.3 is 5.97 Å². The molecular formula is C8H11NO3. The van der Waals surface area contributed by atoms with Crippen LogP contribution in [0.2, 0.25) is 0 Å². The number of carbonyl (C=O) groups is 1. The molecule has 0 radical (unpaired) electrons. The number of hydrogen-bond acceptors (Lipinski definition) is 4. The van der Waals surface area contributed by atoms with Crippen LogP contribution in [0, 0.1) is 13.8 Å². The highest BCUT2D eigenvalue weighted by molar-refractivity contribution is 5.72. The zero-order chi connectivity index (χ0) is 9.14. The first-order valence-electron chi connectivity index (χ1n) is 3.78. The Morgan fingerprint density at radius 2 is 2.25 bits per heavy atom. The summed E-state index contributed by atoms with van der Waals surface area (Å²) in [5, 5.41) is 3.65. The van der Waals surface area contributed by atoms with Gasteiger partial charge in [-0.25, -0.2) is 0 Å². The van der Waals surface area contributed by atoms with Crippen molar-refractivity contribution in [1.82, 2.24) is 5.16 Å². The second-order valence-electron chi connectivity index (χ2n) is 2.48. The van der Waals surface area contributed by atoms with Gasteiger partial charge in [0.2, 0.25) is 0 Å². The smallest absolute Gasteiger partial charge is 0.311 e. The Morgan fingerprint density at radius 1 is 1.58 bits per heavy atom. The van der Waals surface area contributed by atoms with Gasteiger partial charge in [-0.3, -0.25) is 4.79 Å². The summed E-state index contributed by atoms with van der Waals surface area (Å²) in [6.07, 6.45) is 0.351. The molecule has 0 unspecified atom stereocenters. The van der Waals surface area contributed by atoms with E-state index in [4.69, 9.17) is 9.26 Å². The maximum absolute atomic E-state index is 10.9. The second kappa shape index (κ2) is 3.38. The van der Waals surface area contributed by atoms with Crippen molar-refractivity contribution in [2.45, 2.75) is 27.2 Å². The molecule has 0 aliphatic heterocycles. The third kappa shape index (κ3) is 1.64. The molecule has 0 aromatic carbocycles. The Kier molecular flexibility index (Phi) is 2.47. The number of esters is 1. The van der Waals surface area contributed by atoms with E-state index in [-0.39, 0.29) is 5.97 Å². The van der Waals surface area contributed by atoms with Crippen molar-refractivity contribution in [2.24, 2.45) is 0 Å². The molecule has 66 valence electrons. The molecule has 0 aliphatic carbocycles. The van der Waals surface area contributed by atoms with E-state index >= 15 is 0 Å². The van der Waals surface area contributed by atoms with E-state index in [1.807, 2.05) is 0 Å². The van der Waals surface area contributed by atoms with Crippen LogP contribution in [0.5, 0.6) is 5.75 Å². The van der Waals surface area contributed by atoms with Crippen LogP contribution in [0.25, 0.3) is 0 Å². The Hall–Kier alpha value is -1.32. The van der Waals surface area contributed by atoms with Crippen LogP contribution in [-0.4, -0.2) is 11.1 Å². The van der Waals surface area contributed by atoms with Gasteiger partial charge in [-0.15, -0.1) is 0 Å². The number of aryl methyl sites for hydroxylation is 2. The second-order valence-corrected chi connectivity index (χ2v) is 2.48. The zero-order valence-electron chi connectivity index (χ0n) is 7.38. The molecule has 0 fully saturated rings. The normalized spacial score (nSPS) is 9.92. The fourth-order valence-electron chi connectivity index (χ4n) is 0.806. The van der Waals surface area contributed by atoms with Crippen molar-refractivity contribution < 1.29 is 14.1 Å². The molecule has 4 nitrogen and oxygen atoms in total.